The Hall–Kier alpha value is -3.91. The van der Waals surface area contributed by atoms with Gasteiger partial charge in [0.15, 0.2) is 11.3 Å². The molecule has 0 radical (unpaired) electrons. The van der Waals surface area contributed by atoms with Gasteiger partial charge in [0.25, 0.3) is 0 Å². The van der Waals surface area contributed by atoms with Gasteiger partial charge < -0.3 is 24.1 Å². The third-order valence-electron chi connectivity index (χ3n) is 8.32. The van der Waals surface area contributed by atoms with Crippen LogP contribution in [0.4, 0.5) is 0 Å². The van der Waals surface area contributed by atoms with Gasteiger partial charge in [0.2, 0.25) is 11.3 Å². The maximum absolute atomic E-state index is 13.4. The molecule has 1 unspecified atom stereocenters. The van der Waals surface area contributed by atoms with E-state index in [1.54, 1.807) is 24.4 Å². The molecule has 8 nitrogen and oxygen atoms in total. The second-order valence-corrected chi connectivity index (χ2v) is 11.5. The van der Waals surface area contributed by atoms with Gasteiger partial charge in [0, 0.05) is 30.3 Å². The number of aromatic nitrogens is 1. The highest BCUT2D eigenvalue weighted by atomic mass is 16.5. The number of likely N-dealkylation sites (tertiary alicyclic amines) is 1. The third kappa shape index (κ3) is 6.22. The van der Waals surface area contributed by atoms with E-state index in [0.717, 1.165) is 43.5 Å². The molecule has 1 amide bonds. The van der Waals surface area contributed by atoms with Crippen molar-refractivity contribution in [2.24, 2.45) is 0 Å². The van der Waals surface area contributed by atoms with Crippen molar-refractivity contribution in [3.63, 3.8) is 0 Å². The quantitative estimate of drug-likeness (QED) is 0.257. The fourth-order valence-corrected chi connectivity index (χ4v) is 5.96. The summed E-state index contributed by atoms with van der Waals surface area (Å²) in [6.45, 7) is 3.58. The number of aryl methyl sites for hydroxylation is 2. The van der Waals surface area contributed by atoms with Crippen LogP contribution in [0, 0.1) is 6.92 Å². The number of carbonyl (C=O) groups is 1. The summed E-state index contributed by atoms with van der Waals surface area (Å²) in [4.78, 5) is 32.4. The smallest absolute Gasteiger partial charge is 0.220 e. The molecule has 1 atom stereocenters. The number of fused-ring (bicyclic) bond motifs is 2. The number of hydrogen-bond donors (Lipinski definition) is 1. The molecule has 214 valence electrons. The lowest BCUT2D eigenvalue weighted by atomic mass is 10.1. The van der Waals surface area contributed by atoms with Crippen LogP contribution in [0.5, 0.6) is 17.2 Å². The van der Waals surface area contributed by atoms with Gasteiger partial charge in [0.1, 0.15) is 23.7 Å². The molecule has 2 aromatic heterocycles. The normalized spacial score (nSPS) is 17.9. The number of nitrogens with zero attached hydrogens (tertiary/aromatic N) is 2. The molecule has 1 aliphatic heterocycles. The molecule has 1 N–H and O–H groups in total. The Kier molecular flexibility index (Phi) is 7.92. The van der Waals surface area contributed by atoms with Crippen molar-refractivity contribution in [3.05, 3.63) is 70.1 Å². The van der Waals surface area contributed by atoms with Crippen molar-refractivity contribution in [2.75, 3.05) is 20.2 Å². The Morgan fingerprint density at radius 2 is 1.88 bits per heavy atom. The standard InChI is InChI=1S/C33H37N3O5/c1-21-16-28-32(38)27-13-12-25(18-29(27)41-33(28)30(17-21)39-20-24-8-5-15-36(24)2)40-26-11-9-22(34-19-26)10-14-31(37)35-23-6-3-4-7-23/h9,11-13,16-19,23-24H,3-8,10,14-15,20H2,1-2H3,(H,35,37). The molecule has 1 saturated carbocycles. The second-order valence-electron chi connectivity index (χ2n) is 11.5. The molecule has 0 bridgehead atoms. The predicted octanol–water partition coefficient (Wildman–Crippen LogP) is 5.91. The Morgan fingerprint density at radius 3 is 2.63 bits per heavy atom. The van der Waals surface area contributed by atoms with Gasteiger partial charge in [-0.3, -0.25) is 14.6 Å². The second kappa shape index (κ2) is 11.9. The highest BCUT2D eigenvalue weighted by Crippen LogP contribution is 2.32. The largest absolute Gasteiger partial charge is 0.488 e. The van der Waals surface area contributed by atoms with Crippen molar-refractivity contribution in [1.29, 1.82) is 0 Å². The zero-order valence-electron chi connectivity index (χ0n) is 23.8. The summed E-state index contributed by atoms with van der Waals surface area (Å²) in [6.07, 6.45) is 9.46. The van der Waals surface area contributed by atoms with Gasteiger partial charge in [-0.15, -0.1) is 0 Å². The molecular weight excluding hydrogens is 518 g/mol. The first-order valence-electron chi connectivity index (χ1n) is 14.7. The van der Waals surface area contributed by atoms with Crippen molar-refractivity contribution < 1.29 is 18.7 Å². The van der Waals surface area contributed by atoms with E-state index in [2.05, 4.69) is 22.2 Å². The lowest BCUT2D eigenvalue weighted by Gasteiger charge is -2.20. The molecule has 1 aliphatic carbocycles. The van der Waals surface area contributed by atoms with Crippen molar-refractivity contribution in [2.45, 2.75) is 70.4 Å². The number of rotatable bonds is 9. The van der Waals surface area contributed by atoms with Crippen LogP contribution in [0.2, 0.25) is 0 Å². The Bertz CT molecular complexity index is 1610. The Balaban J connectivity index is 1.17. The van der Waals surface area contributed by atoms with Crippen LogP contribution in [0.25, 0.3) is 21.9 Å². The summed E-state index contributed by atoms with van der Waals surface area (Å²) in [5.74, 6) is 1.76. The van der Waals surface area contributed by atoms with E-state index in [1.807, 2.05) is 31.2 Å². The fourth-order valence-electron chi connectivity index (χ4n) is 5.96. The summed E-state index contributed by atoms with van der Waals surface area (Å²) in [5, 5.41) is 4.12. The van der Waals surface area contributed by atoms with Crippen LogP contribution in [0.1, 0.15) is 56.2 Å². The average molecular weight is 556 g/mol. The molecule has 2 fully saturated rings. The number of hydrogen-bond acceptors (Lipinski definition) is 7. The Labute approximate surface area is 239 Å². The fraction of sp³-hybridized carbons (Fsp3) is 0.424. The monoisotopic (exact) mass is 555 g/mol. The van der Waals surface area contributed by atoms with E-state index < -0.39 is 0 Å². The number of carbonyl (C=O) groups excluding carboxylic acids is 1. The van der Waals surface area contributed by atoms with E-state index in [4.69, 9.17) is 13.9 Å². The molecule has 6 rings (SSSR count). The summed E-state index contributed by atoms with van der Waals surface area (Å²) < 4.78 is 18.5. The molecular formula is C33H37N3O5. The number of ether oxygens (including phenoxy) is 2. The van der Waals surface area contributed by atoms with Crippen molar-refractivity contribution >= 4 is 27.8 Å². The minimum absolute atomic E-state index is 0.0822. The van der Waals surface area contributed by atoms with Crippen LogP contribution in [-0.2, 0) is 11.2 Å². The van der Waals surface area contributed by atoms with Crippen LogP contribution >= 0.6 is 0 Å². The molecule has 8 heteroatoms. The SMILES string of the molecule is Cc1cc(OCC2CCCN2C)c2oc3cc(Oc4ccc(CCC(=O)NC5CCCC5)nc4)ccc3c(=O)c2c1. The molecule has 3 heterocycles. The molecule has 0 spiro atoms. The van der Waals surface area contributed by atoms with Crippen molar-refractivity contribution in [1.82, 2.24) is 15.2 Å². The van der Waals surface area contributed by atoms with Gasteiger partial charge in [-0.05, 0) is 94.6 Å². The summed E-state index contributed by atoms with van der Waals surface area (Å²) in [5.41, 5.74) is 2.58. The van der Waals surface area contributed by atoms with Gasteiger partial charge >= 0.3 is 0 Å². The van der Waals surface area contributed by atoms with E-state index in [-0.39, 0.29) is 11.3 Å². The number of amides is 1. The van der Waals surface area contributed by atoms with Crippen LogP contribution < -0.4 is 20.2 Å². The van der Waals surface area contributed by atoms with Gasteiger partial charge in [-0.1, -0.05) is 12.8 Å². The zero-order valence-corrected chi connectivity index (χ0v) is 23.8. The minimum atomic E-state index is -0.0951. The average Bonchev–Trinajstić information content (AvgIpc) is 3.63. The summed E-state index contributed by atoms with van der Waals surface area (Å²) >= 11 is 0. The highest BCUT2D eigenvalue weighted by molar-refractivity contribution is 5.93. The molecule has 2 aliphatic rings. The minimum Gasteiger partial charge on any atom is -0.488 e. The molecule has 4 aromatic rings. The highest BCUT2D eigenvalue weighted by Gasteiger charge is 2.23. The number of benzene rings is 2. The lowest BCUT2D eigenvalue weighted by Crippen LogP contribution is -2.32. The van der Waals surface area contributed by atoms with E-state index >= 15 is 0 Å². The first-order chi connectivity index (χ1) is 19.9. The topological polar surface area (TPSA) is 93.9 Å². The number of nitrogens with one attached hydrogen (secondary N) is 1. The summed E-state index contributed by atoms with van der Waals surface area (Å²) in [6, 6.07) is 13.4. The maximum atomic E-state index is 13.4. The van der Waals surface area contributed by atoms with Gasteiger partial charge in [0.05, 0.1) is 17.0 Å². The third-order valence-corrected chi connectivity index (χ3v) is 8.32. The molecule has 41 heavy (non-hydrogen) atoms. The maximum Gasteiger partial charge on any atom is 0.220 e. The number of likely N-dealkylation sites (N-methyl/N-ethyl adjacent to an activating group) is 1. The Morgan fingerprint density at radius 1 is 1.05 bits per heavy atom. The van der Waals surface area contributed by atoms with E-state index in [1.165, 1.54) is 12.8 Å². The zero-order chi connectivity index (χ0) is 28.3. The first kappa shape index (κ1) is 27.3. The predicted molar refractivity (Wildman–Crippen MR) is 159 cm³/mol. The van der Waals surface area contributed by atoms with Gasteiger partial charge in [-0.2, -0.15) is 0 Å². The van der Waals surface area contributed by atoms with Crippen LogP contribution in [-0.4, -0.2) is 48.1 Å². The lowest BCUT2D eigenvalue weighted by molar-refractivity contribution is -0.121. The van der Waals surface area contributed by atoms with Crippen molar-refractivity contribution in [3.8, 4) is 17.2 Å². The van der Waals surface area contributed by atoms with E-state index in [9.17, 15) is 9.59 Å². The van der Waals surface area contributed by atoms with Crippen LogP contribution in [0.3, 0.4) is 0 Å². The van der Waals surface area contributed by atoms with Gasteiger partial charge in [-0.25, -0.2) is 0 Å². The molecule has 2 aromatic carbocycles. The molecule has 1 saturated heterocycles. The van der Waals surface area contributed by atoms with E-state index in [0.29, 0.717) is 70.7 Å². The number of pyridine rings is 1. The summed E-state index contributed by atoms with van der Waals surface area (Å²) in [7, 11) is 2.12. The first-order valence-corrected chi connectivity index (χ1v) is 14.7. The van der Waals surface area contributed by atoms with Crippen LogP contribution in [0.15, 0.2) is 57.9 Å².